The molecule has 3 heterocycles. The standard InChI is InChI=1S/C16H22N4O3/c1-10-17-15(23-18-10)11-4-6-19(7-5-11)16(22)12-8-14(21)20(9-12)13-2-3-13/h11-13H,2-9H2,1H3. The maximum atomic E-state index is 12.7. The number of likely N-dealkylation sites (tertiary alicyclic amines) is 2. The van der Waals surface area contributed by atoms with Gasteiger partial charge in [0.25, 0.3) is 0 Å². The summed E-state index contributed by atoms with van der Waals surface area (Å²) in [5, 5.41) is 3.84. The van der Waals surface area contributed by atoms with Crippen LogP contribution in [0.5, 0.6) is 0 Å². The van der Waals surface area contributed by atoms with Crippen LogP contribution in [0.2, 0.25) is 0 Å². The van der Waals surface area contributed by atoms with Crippen molar-refractivity contribution in [1.29, 1.82) is 0 Å². The quantitative estimate of drug-likeness (QED) is 0.833. The first-order chi connectivity index (χ1) is 11.1. The molecule has 23 heavy (non-hydrogen) atoms. The molecule has 3 fully saturated rings. The zero-order valence-electron chi connectivity index (χ0n) is 13.4. The monoisotopic (exact) mass is 318 g/mol. The molecule has 2 aliphatic heterocycles. The number of aryl methyl sites for hydroxylation is 1. The Morgan fingerprint density at radius 2 is 1.96 bits per heavy atom. The molecule has 0 aromatic carbocycles. The molecule has 2 saturated heterocycles. The highest BCUT2D eigenvalue weighted by Crippen LogP contribution is 2.34. The summed E-state index contributed by atoms with van der Waals surface area (Å²) in [5.41, 5.74) is 0. The molecule has 0 radical (unpaired) electrons. The van der Waals surface area contributed by atoms with E-state index in [4.69, 9.17) is 4.52 Å². The molecule has 1 aromatic rings. The van der Waals surface area contributed by atoms with Crippen LogP contribution in [-0.2, 0) is 9.59 Å². The van der Waals surface area contributed by atoms with Crippen molar-refractivity contribution >= 4 is 11.8 Å². The van der Waals surface area contributed by atoms with Crippen molar-refractivity contribution in [1.82, 2.24) is 19.9 Å². The Morgan fingerprint density at radius 3 is 2.57 bits per heavy atom. The third kappa shape index (κ3) is 2.84. The topological polar surface area (TPSA) is 79.5 Å². The lowest BCUT2D eigenvalue weighted by Crippen LogP contribution is -2.42. The van der Waals surface area contributed by atoms with Crippen molar-refractivity contribution in [3.8, 4) is 0 Å². The van der Waals surface area contributed by atoms with Crippen molar-refractivity contribution in [3.05, 3.63) is 11.7 Å². The minimum absolute atomic E-state index is 0.140. The van der Waals surface area contributed by atoms with E-state index in [0.29, 0.717) is 43.8 Å². The van der Waals surface area contributed by atoms with Crippen molar-refractivity contribution < 1.29 is 14.1 Å². The Balaban J connectivity index is 1.33. The van der Waals surface area contributed by atoms with Gasteiger partial charge in [-0.05, 0) is 32.6 Å². The van der Waals surface area contributed by atoms with Crippen LogP contribution in [0, 0.1) is 12.8 Å². The van der Waals surface area contributed by atoms with Crippen LogP contribution >= 0.6 is 0 Å². The molecule has 0 spiro atoms. The fourth-order valence-corrected chi connectivity index (χ4v) is 3.72. The zero-order valence-corrected chi connectivity index (χ0v) is 13.4. The average Bonchev–Trinajstić information content (AvgIpc) is 3.19. The van der Waals surface area contributed by atoms with E-state index in [1.165, 1.54) is 0 Å². The highest BCUT2D eigenvalue weighted by Gasteiger charge is 2.43. The third-order valence-corrected chi connectivity index (χ3v) is 5.19. The Morgan fingerprint density at radius 1 is 1.22 bits per heavy atom. The van der Waals surface area contributed by atoms with E-state index in [0.717, 1.165) is 25.7 Å². The van der Waals surface area contributed by atoms with E-state index in [-0.39, 0.29) is 23.7 Å². The lowest BCUT2D eigenvalue weighted by molar-refractivity contribution is -0.136. The Labute approximate surface area is 135 Å². The second kappa shape index (κ2) is 5.62. The number of aromatic nitrogens is 2. The zero-order chi connectivity index (χ0) is 16.0. The van der Waals surface area contributed by atoms with E-state index in [1.54, 1.807) is 0 Å². The van der Waals surface area contributed by atoms with Gasteiger partial charge in [-0.15, -0.1) is 0 Å². The van der Waals surface area contributed by atoms with Crippen molar-refractivity contribution in [2.24, 2.45) is 5.92 Å². The van der Waals surface area contributed by atoms with E-state index in [1.807, 2.05) is 16.7 Å². The van der Waals surface area contributed by atoms with Crippen LogP contribution < -0.4 is 0 Å². The number of hydrogen-bond donors (Lipinski definition) is 0. The molecule has 3 aliphatic rings. The summed E-state index contributed by atoms with van der Waals surface area (Å²) in [6, 6.07) is 0.409. The highest BCUT2D eigenvalue weighted by molar-refractivity contribution is 5.89. The number of hydrogen-bond acceptors (Lipinski definition) is 5. The maximum absolute atomic E-state index is 12.7. The summed E-state index contributed by atoms with van der Waals surface area (Å²) in [5.74, 6) is 1.73. The van der Waals surface area contributed by atoms with E-state index in [2.05, 4.69) is 10.1 Å². The average molecular weight is 318 g/mol. The summed E-state index contributed by atoms with van der Waals surface area (Å²) in [6.07, 6.45) is 4.28. The van der Waals surface area contributed by atoms with Gasteiger partial charge in [-0.1, -0.05) is 5.16 Å². The summed E-state index contributed by atoms with van der Waals surface area (Å²) in [7, 11) is 0. The van der Waals surface area contributed by atoms with Crippen molar-refractivity contribution in [2.45, 2.75) is 51.0 Å². The number of amides is 2. The van der Waals surface area contributed by atoms with Crippen LogP contribution in [0.15, 0.2) is 4.52 Å². The van der Waals surface area contributed by atoms with Gasteiger partial charge in [0.15, 0.2) is 5.82 Å². The van der Waals surface area contributed by atoms with Gasteiger partial charge in [-0.25, -0.2) is 0 Å². The molecule has 0 bridgehead atoms. The lowest BCUT2D eigenvalue weighted by Gasteiger charge is -2.32. The van der Waals surface area contributed by atoms with E-state index in [9.17, 15) is 9.59 Å². The molecule has 1 saturated carbocycles. The fourth-order valence-electron chi connectivity index (χ4n) is 3.72. The number of piperidine rings is 1. The molecule has 2 amide bonds. The molecule has 1 unspecified atom stereocenters. The van der Waals surface area contributed by atoms with Gasteiger partial charge >= 0.3 is 0 Å². The van der Waals surface area contributed by atoms with Crippen LogP contribution in [0.25, 0.3) is 0 Å². The molecule has 7 heteroatoms. The second-order valence-electron chi connectivity index (χ2n) is 6.96. The normalized spacial score (nSPS) is 26.1. The van der Waals surface area contributed by atoms with E-state index >= 15 is 0 Å². The predicted molar refractivity (Wildman–Crippen MR) is 80.4 cm³/mol. The predicted octanol–water partition coefficient (Wildman–Crippen LogP) is 1.09. The molecule has 1 aromatic heterocycles. The number of carbonyl (C=O) groups excluding carboxylic acids is 2. The summed E-state index contributed by atoms with van der Waals surface area (Å²) in [6.45, 7) is 3.84. The first kappa shape index (κ1) is 14.7. The van der Waals surface area contributed by atoms with E-state index < -0.39 is 0 Å². The Kier molecular flexibility index (Phi) is 3.58. The second-order valence-corrected chi connectivity index (χ2v) is 6.96. The highest BCUT2D eigenvalue weighted by atomic mass is 16.5. The third-order valence-electron chi connectivity index (χ3n) is 5.19. The smallest absolute Gasteiger partial charge is 0.229 e. The summed E-state index contributed by atoms with van der Waals surface area (Å²) in [4.78, 5) is 32.8. The molecule has 7 nitrogen and oxygen atoms in total. The van der Waals surface area contributed by atoms with Crippen LogP contribution in [0.4, 0.5) is 0 Å². The van der Waals surface area contributed by atoms with Gasteiger partial charge in [0.2, 0.25) is 17.7 Å². The van der Waals surface area contributed by atoms with Gasteiger partial charge in [-0.2, -0.15) is 4.98 Å². The van der Waals surface area contributed by atoms with Gasteiger partial charge in [0.1, 0.15) is 0 Å². The number of nitrogens with zero attached hydrogens (tertiary/aromatic N) is 4. The molecular formula is C16H22N4O3. The SMILES string of the molecule is Cc1noc(C2CCN(C(=O)C3CC(=O)N(C4CC4)C3)CC2)n1. The number of carbonyl (C=O) groups is 2. The molecule has 1 atom stereocenters. The van der Waals surface area contributed by atoms with Gasteiger partial charge in [-0.3, -0.25) is 9.59 Å². The van der Waals surface area contributed by atoms with Crippen molar-refractivity contribution in [3.63, 3.8) is 0 Å². The lowest BCUT2D eigenvalue weighted by atomic mass is 9.95. The Bertz CT molecular complexity index is 617. The number of rotatable bonds is 3. The van der Waals surface area contributed by atoms with Crippen LogP contribution in [0.1, 0.15) is 49.7 Å². The molecule has 4 rings (SSSR count). The molecular weight excluding hydrogens is 296 g/mol. The van der Waals surface area contributed by atoms with Crippen LogP contribution in [-0.4, -0.2) is 57.4 Å². The first-order valence-electron chi connectivity index (χ1n) is 8.50. The van der Waals surface area contributed by atoms with Gasteiger partial charge in [0.05, 0.1) is 5.92 Å². The minimum Gasteiger partial charge on any atom is -0.342 e. The largest absolute Gasteiger partial charge is 0.342 e. The fraction of sp³-hybridized carbons (Fsp3) is 0.750. The molecule has 124 valence electrons. The Hall–Kier alpha value is -1.92. The summed E-state index contributed by atoms with van der Waals surface area (Å²) >= 11 is 0. The minimum atomic E-state index is -0.148. The van der Waals surface area contributed by atoms with Gasteiger partial charge in [0, 0.05) is 38.0 Å². The maximum Gasteiger partial charge on any atom is 0.229 e. The van der Waals surface area contributed by atoms with Crippen molar-refractivity contribution in [2.75, 3.05) is 19.6 Å². The van der Waals surface area contributed by atoms with Crippen LogP contribution in [0.3, 0.4) is 0 Å². The molecule has 1 aliphatic carbocycles. The molecule has 0 N–H and O–H groups in total. The summed E-state index contributed by atoms with van der Waals surface area (Å²) < 4.78 is 5.24. The first-order valence-corrected chi connectivity index (χ1v) is 8.50. The van der Waals surface area contributed by atoms with Gasteiger partial charge < -0.3 is 14.3 Å².